The Morgan fingerprint density at radius 1 is 1.43 bits per heavy atom. The second-order valence-electron chi connectivity index (χ2n) is 4.83. The molecule has 0 unspecified atom stereocenters. The minimum atomic E-state index is -0.174. The van der Waals surface area contributed by atoms with Gasteiger partial charge in [0.15, 0.2) is 0 Å². The quantitative estimate of drug-likeness (QED) is 0.906. The van der Waals surface area contributed by atoms with Gasteiger partial charge in [0, 0.05) is 22.9 Å². The minimum absolute atomic E-state index is 0.174. The van der Waals surface area contributed by atoms with E-state index in [0.717, 1.165) is 23.0 Å². The molecule has 0 spiro atoms. The number of hydrogen-bond donors (Lipinski definition) is 1. The molecule has 0 aliphatic carbocycles. The molecule has 0 fully saturated rings. The molecular formula is C16H16BrN3O. The third kappa shape index (κ3) is 3.53. The summed E-state index contributed by atoms with van der Waals surface area (Å²) in [6.45, 7) is 4.75. The first-order valence-corrected chi connectivity index (χ1v) is 7.52. The number of nitrogens with one attached hydrogen (secondary N) is 1. The molecule has 1 N–H and O–H groups in total. The van der Waals surface area contributed by atoms with Crippen molar-refractivity contribution in [2.75, 3.05) is 5.32 Å². The molecule has 0 bridgehead atoms. The number of aromatic nitrogens is 1. The molecule has 1 aromatic heterocycles. The second-order valence-corrected chi connectivity index (χ2v) is 5.75. The highest BCUT2D eigenvalue weighted by Crippen LogP contribution is 2.20. The Morgan fingerprint density at radius 2 is 2.19 bits per heavy atom. The maximum Gasteiger partial charge on any atom is 0.272 e. The van der Waals surface area contributed by atoms with Crippen LogP contribution in [-0.4, -0.2) is 10.5 Å². The fourth-order valence-electron chi connectivity index (χ4n) is 2.10. The van der Waals surface area contributed by atoms with Gasteiger partial charge in [-0.05, 0) is 53.0 Å². The summed E-state index contributed by atoms with van der Waals surface area (Å²) in [4.78, 5) is 12.4. The van der Waals surface area contributed by atoms with Crippen LogP contribution in [-0.2, 0) is 6.54 Å². The van der Waals surface area contributed by atoms with Crippen LogP contribution in [0.2, 0.25) is 0 Å². The fraction of sp³-hybridized carbons (Fsp3) is 0.250. The van der Waals surface area contributed by atoms with Gasteiger partial charge in [-0.25, -0.2) is 0 Å². The van der Waals surface area contributed by atoms with Crippen LogP contribution in [0.3, 0.4) is 0 Å². The van der Waals surface area contributed by atoms with Crippen molar-refractivity contribution in [3.8, 4) is 6.07 Å². The Bertz CT molecular complexity index is 713. The molecule has 0 atom stereocenters. The third-order valence-electron chi connectivity index (χ3n) is 3.18. The smallest absolute Gasteiger partial charge is 0.272 e. The van der Waals surface area contributed by atoms with Crippen molar-refractivity contribution in [2.45, 2.75) is 26.8 Å². The van der Waals surface area contributed by atoms with Crippen molar-refractivity contribution in [1.82, 2.24) is 4.57 Å². The summed E-state index contributed by atoms with van der Waals surface area (Å²) in [5, 5.41) is 11.8. The zero-order chi connectivity index (χ0) is 15.4. The molecule has 0 saturated carbocycles. The highest BCUT2D eigenvalue weighted by atomic mass is 79.9. The van der Waals surface area contributed by atoms with Gasteiger partial charge in [-0.3, -0.25) is 4.79 Å². The largest absolute Gasteiger partial charge is 0.342 e. The average molecular weight is 346 g/mol. The van der Waals surface area contributed by atoms with E-state index in [1.165, 1.54) is 0 Å². The van der Waals surface area contributed by atoms with E-state index in [9.17, 15) is 4.79 Å². The molecule has 4 nitrogen and oxygen atoms in total. The third-order valence-corrected chi connectivity index (χ3v) is 3.61. The summed E-state index contributed by atoms with van der Waals surface area (Å²) in [6.07, 6.45) is 2.85. The summed E-state index contributed by atoms with van der Waals surface area (Å²) < 4.78 is 2.80. The van der Waals surface area contributed by atoms with Crippen LogP contribution in [0.4, 0.5) is 5.69 Å². The molecule has 5 heteroatoms. The van der Waals surface area contributed by atoms with E-state index in [2.05, 4.69) is 34.2 Å². The number of benzene rings is 1. The van der Waals surface area contributed by atoms with Crippen LogP contribution in [0, 0.1) is 18.3 Å². The molecule has 0 aliphatic heterocycles. The Balaban J connectivity index is 2.28. The van der Waals surface area contributed by atoms with Crippen molar-refractivity contribution in [3.05, 3.63) is 51.8 Å². The SMILES string of the molecule is CCCn1cc(Br)cc1C(=O)Nc1cc(C#N)ccc1C. The van der Waals surface area contributed by atoms with Crippen LogP contribution in [0.1, 0.15) is 35.0 Å². The number of amides is 1. The first kappa shape index (κ1) is 15.3. The number of carbonyl (C=O) groups is 1. The highest BCUT2D eigenvalue weighted by molar-refractivity contribution is 9.10. The van der Waals surface area contributed by atoms with E-state index in [4.69, 9.17) is 5.26 Å². The number of rotatable bonds is 4. The molecule has 1 aromatic carbocycles. The topological polar surface area (TPSA) is 57.8 Å². The molecule has 0 saturated heterocycles. The van der Waals surface area contributed by atoms with Gasteiger partial charge in [0.1, 0.15) is 5.69 Å². The first-order chi connectivity index (χ1) is 10.0. The van der Waals surface area contributed by atoms with Gasteiger partial charge in [-0.1, -0.05) is 13.0 Å². The monoisotopic (exact) mass is 345 g/mol. The summed E-state index contributed by atoms with van der Waals surface area (Å²) >= 11 is 3.40. The van der Waals surface area contributed by atoms with Gasteiger partial charge in [-0.2, -0.15) is 5.26 Å². The van der Waals surface area contributed by atoms with Crippen LogP contribution >= 0.6 is 15.9 Å². The van der Waals surface area contributed by atoms with Gasteiger partial charge >= 0.3 is 0 Å². The van der Waals surface area contributed by atoms with Crippen LogP contribution < -0.4 is 5.32 Å². The summed E-state index contributed by atoms with van der Waals surface area (Å²) in [7, 11) is 0. The number of nitrogens with zero attached hydrogens (tertiary/aromatic N) is 2. The van der Waals surface area contributed by atoms with E-state index in [1.807, 2.05) is 23.8 Å². The lowest BCUT2D eigenvalue weighted by Crippen LogP contribution is -2.17. The van der Waals surface area contributed by atoms with Gasteiger partial charge in [-0.15, -0.1) is 0 Å². The molecule has 0 radical (unpaired) electrons. The molecule has 1 heterocycles. The van der Waals surface area contributed by atoms with E-state index in [-0.39, 0.29) is 5.91 Å². The molecule has 2 aromatic rings. The number of halogens is 1. The van der Waals surface area contributed by atoms with Crippen LogP contribution in [0.5, 0.6) is 0 Å². The number of carbonyl (C=O) groups excluding carboxylic acids is 1. The van der Waals surface area contributed by atoms with Crippen molar-refractivity contribution in [3.63, 3.8) is 0 Å². The van der Waals surface area contributed by atoms with E-state index in [0.29, 0.717) is 16.9 Å². The van der Waals surface area contributed by atoms with Crippen molar-refractivity contribution < 1.29 is 4.79 Å². The lowest BCUT2D eigenvalue weighted by molar-refractivity contribution is 0.101. The van der Waals surface area contributed by atoms with Crippen LogP contribution in [0.25, 0.3) is 0 Å². The average Bonchev–Trinajstić information content (AvgIpc) is 2.82. The van der Waals surface area contributed by atoms with Crippen molar-refractivity contribution in [2.24, 2.45) is 0 Å². The molecule has 108 valence electrons. The normalized spacial score (nSPS) is 10.2. The maximum absolute atomic E-state index is 12.4. The maximum atomic E-state index is 12.4. The standard InChI is InChI=1S/C16H16BrN3O/c1-3-6-20-10-13(17)8-15(20)16(21)19-14-7-12(9-18)5-4-11(14)2/h4-5,7-8,10H,3,6H2,1-2H3,(H,19,21). The predicted octanol–water partition coefficient (Wildman–Crippen LogP) is 4.09. The highest BCUT2D eigenvalue weighted by Gasteiger charge is 2.14. The second kappa shape index (κ2) is 6.59. The number of hydrogen-bond acceptors (Lipinski definition) is 2. The molecular weight excluding hydrogens is 330 g/mol. The Labute approximate surface area is 132 Å². The number of nitriles is 1. The number of anilines is 1. The Morgan fingerprint density at radius 3 is 2.86 bits per heavy atom. The van der Waals surface area contributed by atoms with E-state index < -0.39 is 0 Å². The zero-order valence-corrected chi connectivity index (χ0v) is 13.6. The molecule has 2 rings (SSSR count). The fourth-order valence-corrected chi connectivity index (χ4v) is 2.57. The summed E-state index contributed by atoms with van der Waals surface area (Å²) in [5.41, 5.74) is 2.72. The van der Waals surface area contributed by atoms with Crippen molar-refractivity contribution >= 4 is 27.5 Å². The van der Waals surface area contributed by atoms with Crippen LogP contribution in [0.15, 0.2) is 34.9 Å². The van der Waals surface area contributed by atoms with Gasteiger partial charge < -0.3 is 9.88 Å². The summed E-state index contributed by atoms with van der Waals surface area (Å²) in [5.74, 6) is -0.174. The van der Waals surface area contributed by atoms with E-state index >= 15 is 0 Å². The lowest BCUT2D eigenvalue weighted by atomic mass is 10.1. The first-order valence-electron chi connectivity index (χ1n) is 6.73. The van der Waals surface area contributed by atoms with Gasteiger partial charge in [0.2, 0.25) is 0 Å². The number of aryl methyl sites for hydroxylation is 2. The van der Waals surface area contributed by atoms with Gasteiger partial charge in [0.25, 0.3) is 5.91 Å². The summed E-state index contributed by atoms with van der Waals surface area (Å²) in [6, 6.07) is 9.14. The zero-order valence-electron chi connectivity index (χ0n) is 12.0. The van der Waals surface area contributed by atoms with E-state index in [1.54, 1.807) is 18.2 Å². The Hall–Kier alpha value is -2.06. The molecule has 1 amide bonds. The van der Waals surface area contributed by atoms with Gasteiger partial charge in [0.05, 0.1) is 11.6 Å². The molecule has 21 heavy (non-hydrogen) atoms. The van der Waals surface area contributed by atoms with Crippen molar-refractivity contribution in [1.29, 1.82) is 5.26 Å². The molecule has 0 aliphatic rings. The minimum Gasteiger partial charge on any atom is -0.342 e. The predicted molar refractivity (Wildman–Crippen MR) is 86.3 cm³/mol. The Kier molecular flexibility index (Phi) is 4.81. The lowest BCUT2D eigenvalue weighted by Gasteiger charge is -2.11.